The third-order valence-corrected chi connectivity index (χ3v) is 4.84. The molecule has 1 aromatic heterocycles. The van der Waals surface area contributed by atoms with E-state index in [4.69, 9.17) is 0 Å². The van der Waals surface area contributed by atoms with Crippen molar-refractivity contribution in [3.05, 3.63) is 54.6 Å². The number of benzene rings is 1. The van der Waals surface area contributed by atoms with E-state index < -0.39 is 0 Å². The fraction of sp³-hybridized carbons (Fsp3) is 0.474. The van der Waals surface area contributed by atoms with E-state index in [9.17, 15) is 4.79 Å². The first-order valence-electron chi connectivity index (χ1n) is 8.77. The van der Waals surface area contributed by atoms with Gasteiger partial charge in [-0.3, -0.25) is 9.69 Å². The Morgan fingerprint density at radius 2 is 2.17 bits per heavy atom. The Morgan fingerprint density at radius 1 is 1.33 bits per heavy atom. The van der Waals surface area contributed by atoms with Crippen LogP contribution in [0, 0.1) is 0 Å². The van der Waals surface area contributed by atoms with Gasteiger partial charge in [-0.25, -0.2) is 4.98 Å². The summed E-state index contributed by atoms with van der Waals surface area (Å²) in [5.41, 5.74) is 1.34. The largest absolute Gasteiger partial charge is 0.353 e. The van der Waals surface area contributed by atoms with Crippen LogP contribution in [-0.2, 0) is 11.3 Å². The maximum absolute atomic E-state index is 12.4. The average Bonchev–Trinajstić information content (AvgIpc) is 3.15. The Morgan fingerprint density at radius 3 is 2.92 bits per heavy atom. The molecule has 0 saturated carbocycles. The number of hydrogen-bond donors (Lipinski definition) is 1. The molecule has 0 unspecified atom stereocenters. The van der Waals surface area contributed by atoms with Gasteiger partial charge in [-0.2, -0.15) is 0 Å². The SMILES string of the molecule is C[C@H](C(=O)NC[C@@H]1CCCCN1Cc1ccccc1)n1ccnc1. The van der Waals surface area contributed by atoms with Crippen molar-refractivity contribution in [2.45, 2.75) is 44.8 Å². The molecule has 3 rings (SSSR count). The number of rotatable bonds is 6. The van der Waals surface area contributed by atoms with E-state index in [0.717, 1.165) is 19.5 Å². The summed E-state index contributed by atoms with van der Waals surface area (Å²) in [4.78, 5) is 18.9. The molecule has 5 heteroatoms. The molecule has 1 saturated heterocycles. The van der Waals surface area contributed by atoms with Crippen molar-refractivity contribution in [1.29, 1.82) is 0 Å². The van der Waals surface area contributed by atoms with Gasteiger partial charge in [-0.05, 0) is 31.9 Å². The zero-order valence-corrected chi connectivity index (χ0v) is 14.3. The Kier molecular flexibility index (Phi) is 5.64. The first-order chi connectivity index (χ1) is 11.7. The van der Waals surface area contributed by atoms with Gasteiger partial charge >= 0.3 is 0 Å². The van der Waals surface area contributed by atoms with Gasteiger partial charge in [0, 0.05) is 31.5 Å². The fourth-order valence-electron chi connectivity index (χ4n) is 3.32. The van der Waals surface area contributed by atoms with E-state index in [1.807, 2.05) is 17.7 Å². The highest BCUT2D eigenvalue weighted by molar-refractivity contribution is 5.79. The summed E-state index contributed by atoms with van der Waals surface area (Å²) in [5, 5.41) is 3.13. The third kappa shape index (κ3) is 4.23. The molecule has 1 aliphatic rings. The van der Waals surface area contributed by atoms with Crippen molar-refractivity contribution in [3.8, 4) is 0 Å². The van der Waals surface area contributed by atoms with E-state index in [0.29, 0.717) is 12.6 Å². The second-order valence-electron chi connectivity index (χ2n) is 6.54. The molecule has 2 heterocycles. The van der Waals surface area contributed by atoms with Crippen molar-refractivity contribution in [2.75, 3.05) is 13.1 Å². The number of imidazole rings is 1. The zero-order valence-electron chi connectivity index (χ0n) is 14.3. The molecule has 0 aliphatic carbocycles. The van der Waals surface area contributed by atoms with Crippen molar-refractivity contribution >= 4 is 5.91 Å². The van der Waals surface area contributed by atoms with Gasteiger partial charge in [0.15, 0.2) is 0 Å². The standard InChI is InChI=1S/C19H26N4O/c1-16(23-12-10-20-15-23)19(24)21-13-18-9-5-6-11-22(18)14-17-7-3-2-4-8-17/h2-4,7-8,10,12,15-16,18H,5-6,9,11,13-14H2,1H3,(H,21,24)/t16-,18+/m1/s1. The molecule has 1 aliphatic heterocycles. The minimum Gasteiger partial charge on any atom is -0.353 e. The molecule has 128 valence electrons. The molecule has 2 aromatic rings. The third-order valence-electron chi connectivity index (χ3n) is 4.84. The minimum absolute atomic E-state index is 0.0539. The predicted molar refractivity (Wildman–Crippen MR) is 94.4 cm³/mol. The van der Waals surface area contributed by atoms with Gasteiger partial charge in [-0.1, -0.05) is 36.8 Å². The monoisotopic (exact) mass is 326 g/mol. The number of piperidine rings is 1. The van der Waals surface area contributed by atoms with Crippen LogP contribution in [0.3, 0.4) is 0 Å². The molecular formula is C19H26N4O. The first-order valence-corrected chi connectivity index (χ1v) is 8.77. The van der Waals surface area contributed by atoms with E-state index in [2.05, 4.69) is 45.5 Å². The van der Waals surface area contributed by atoms with Crippen molar-refractivity contribution in [1.82, 2.24) is 19.8 Å². The van der Waals surface area contributed by atoms with Crippen LogP contribution in [-0.4, -0.2) is 39.5 Å². The average molecular weight is 326 g/mol. The summed E-state index contributed by atoms with van der Waals surface area (Å²) in [6.07, 6.45) is 8.84. The molecule has 0 spiro atoms. The Balaban J connectivity index is 1.55. The number of likely N-dealkylation sites (tertiary alicyclic amines) is 1. The number of amides is 1. The smallest absolute Gasteiger partial charge is 0.242 e. The van der Waals surface area contributed by atoms with Gasteiger partial charge in [0.2, 0.25) is 5.91 Å². The van der Waals surface area contributed by atoms with Gasteiger partial charge in [0.1, 0.15) is 6.04 Å². The topological polar surface area (TPSA) is 50.2 Å². The van der Waals surface area contributed by atoms with Crippen molar-refractivity contribution in [2.24, 2.45) is 0 Å². The molecular weight excluding hydrogens is 300 g/mol. The second kappa shape index (κ2) is 8.11. The summed E-state index contributed by atoms with van der Waals surface area (Å²) in [5.74, 6) is 0.0539. The molecule has 0 bridgehead atoms. The molecule has 5 nitrogen and oxygen atoms in total. The van der Waals surface area contributed by atoms with Crippen LogP contribution in [0.1, 0.15) is 37.8 Å². The van der Waals surface area contributed by atoms with Gasteiger partial charge in [0.05, 0.1) is 6.33 Å². The van der Waals surface area contributed by atoms with E-state index in [-0.39, 0.29) is 11.9 Å². The van der Waals surface area contributed by atoms with Crippen LogP contribution in [0.15, 0.2) is 49.1 Å². The van der Waals surface area contributed by atoms with Crippen LogP contribution in [0.4, 0.5) is 0 Å². The second-order valence-corrected chi connectivity index (χ2v) is 6.54. The number of carbonyl (C=O) groups excluding carboxylic acids is 1. The predicted octanol–water partition coefficient (Wildman–Crippen LogP) is 2.62. The molecule has 0 radical (unpaired) electrons. The zero-order chi connectivity index (χ0) is 16.8. The highest BCUT2D eigenvalue weighted by atomic mass is 16.2. The lowest BCUT2D eigenvalue weighted by Gasteiger charge is -2.36. The van der Waals surface area contributed by atoms with Gasteiger partial charge in [0.25, 0.3) is 0 Å². The van der Waals surface area contributed by atoms with Gasteiger partial charge < -0.3 is 9.88 Å². The van der Waals surface area contributed by atoms with Crippen LogP contribution in [0.5, 0.6) is 0 Å². The summed E-state index contributed by atoms with van der Waals surface area (Å²) in [7, 11) is 0. The number of nitrogens with zero attached hydrogens (tertiary/aromatic N) is 3. The number of aromatic nitrogens is 2. The van der Waals surface area contributed by atoms with Crippen LogP contribution >= 0.6 is 0 Å². The highest BCUT2D eigenvalue weighted by Crippen LogP contribution is 2.19. The quantitative estimate of drug-likeness (QED) is 0.888. The number of hydrogen-bond acceptors (Lipinski definition) is 3. The van der Waals surface area contributed by atoms with Crippen LogP contribution in [0.2, 0.25) is 0 Å². The van der Waals surface area contributed by atoms with Crippen molar-refractivity contribution < 1.29 is 4.79 Å². The maximum atomic E-state index is 12.4. The lowest BCUT2D eigenvalue weighted by Crippen LogP contribution is -2.47. The summed E-state index contributed by atoms with van der Waals surface area (Å²) in [6, 6.07) is 10.8. The molecule has 1 amide bonds. The molecule has 2 atom stereocenters. The fourth-order valence-corrected chi connectivity index (χ4v) is 3.32. The van der Waals surface area contributed by atoms with Gasteiger partial charge in [-0.15, -0.1) is 0 Å². The van der Waals surface area contributed by atoms with E-state index >= 15 is 0 Å². The number of carbonyl (C=O) groups is 1. The molecule has 24 heavy (non-hydrogen) atoms. The lowest BCUT2D eigenvalue weighted by atomic mass is 10.0. The van der Waals surface area contributed by atoms with Crippen LogP contribution in [0.25, 0.3) is 0 Å². The summed E-state index contributed by atoms with van der Waals surface area (Å²) in [6.45, 7) is 4.68. The Hall–Kier alpha value is -2.14. The summed E-state index contributed by atoms with van der Waals surface area (Å²) < 4.78 is 1.83. The highest BCUT2D eigenvalue weighted by Gasteiger charge is 2.24. The lowest BCUT2D eigenvalue weighted by molar-refractivity contribution is -0.124. The van der Waals surface area contributed by atoms with E-state index in [1.54, 1.807) is 12.5 Å². The Labute approximate surface area is 143 Å². The molecule has 1 aromatic carbocycles. The van der Waals surface area contributed by atoms with Crippen LogP contribution < -0.4 is 5.32 Å². The molecule has 1 fully saturated rings. The van der Waals surface area contributed by atoms with Crippen molar-refractivity contribution in [3.63, 3.8) is 0 Å². The summed E-state index contributed by atoms with van der Waals surface area (Å²) >= 11 is 0. The minimum atomic E-state index is -0.223. The maximum Gasteiger partial charge on any atom is 0.242 e. The van der Waals surface area contributed by atoms with E-state index in [1.165, 1.54) is 18.4 Å². The normalized spacial score (nSPS) is 19.8. The Bertz CT molecular complexity index is 626. The molecule has 1 N–H and O–H groups in total. The number of nitrogens with one attached hydrogen (secondary N) is 1. The first kappa shape index (κ1) is 16.7.